The summed E-state index contributed by atoms with van der Waals surface area (Å²) in [5.41, 5.74) is 1.77. The molecule has 3 aromatic carbocycles. The molecule has 0 unspecified atom stereocenters. The molecule has 0 radical (unpaired) electrons. The smallest absolute Gasteiger partial charge is 0.267 e. The van der Waals surface area contributed by atoms with Crippen LogP contribution in [0.5, 0.6) is 17.2 Å². The lowest BCUT2D eigenvalue weighted by Crippen LogP contribution is -2.34. The van der Waals surface area contributed by atoms with Gasteiger partial charge in [-0.2, -0.15) is 0 Å². The van der Waals surface area contributed by atoms with E-state index in [0.717, 1.165) is 27.3 Å². The number of carbonyl (C=O) groups is 1. The maximum Gasteiger partial charge on any atom is 0.267 e. The van der Waals surface area contributed by atoms with Crippen molar-refractivity contribution in [2.75, 3.05) is 24.7 Å². The Bertz CT molecular complexity index is 1190. The Balaban J connectivity index is 1.57. The van der Waals surface area contributed by atoms with Crippen LogP contribution in [0, 0.1) is 0 Å². The van der Waals surface area contributed by atoms with E-state index >= 15 is 0 Å². The van der Waals surface area contributed by atoms with Gasteiger partial charge in [0.1, 0.15) is 22.8 Å². The van der Waals surface area contributed by atoms with Crippen LogP contribution in [0.15, 0.2) is 72.8 Å². The number of benzene rings is 3. The van der Waals surface area contributed by atoms with Crippen LogP contribution in [-0.2, 0) is 11.3 Å². The summed E-state index contributed by atoms with van der Waals surface area (Å²) in [7, 11) is 0. The highest BCUT2D eigenvalue weighted by Crippen LogP contribution is 2.35. The number of amides is 1. The molecule has 0 fully saturated rings. The van der Waals surface area contributed by atoms with Gasteiger partial charge in [0.25, 0.3) is 5.91 Å². The quantitative estimate of drug-likeness (QED) is 0.302. The van der Waals surface area contributed by atoms with Gasteiger partial charge in [-0.05, 0) is 55.8 Å². The van der Waals surface area contributed by atoms with Crippen molar-refractivity contribution in [3.8, 4) is 17.2 Å². The Hall–Kier alpha value is -3.58. The molecule has 6 nitrogen and oxygen atoms in total. The molecule has 0 aliphatic heterocycles. The number of rotatable bonds is 10. The maximum absolute atomic E-state index is 13.3. The maximum atomic E-state index is 13.3. The van der Waals surface area contributed by atoms with E-state index in [4.69, 9.17) is 19.2 Å². The Morgan fingerprint density at radius 2 is 1.55 bits per heavy atom. The first-order chi connectivity index (χ1) is 16.2. The first-order valence-electron chi connectivity index (χ1n) is 10.9. The van der Waals surface area contributed by atoms with Crippen molar-refractivity contribution in [2.24, 2.45) is 0 Å². The summed E-state index contributed by atoms with van der Waals surface area (Å²) in [5.74, 6) is 1.91. The predicted octanol–water partition coefficient (Wildman–Crippen LogP) is 5.71. The minimum absolute atomic E-state index is 0.102. The molecule has 0 bridgehead atoms. The van der Waals surface area contributed by atoms with E-state index in [-0.39, 0.29) is 12.5 Å². The Labute approximate surface area is 197 Å². The number of hydrogen-bond acceptors (Lipinski definition) is 6. The van der Waals surface area contributed by atoms with Crippen molar-refractivity contribution in [3.63, 3.8) is 0 Å². The summed E-state index contributed by atoms with van der Waals surface area (Å²) in [6.07, 6.45) is 0. The third-order valence-corrected chi connectivity index (χ3v) is 5.93. The van der Waals surface area contributed by atoms with Crippen molar-refractivity contribution in [2.45, 2.75) is 20.4 Å². The minimum Gasteiger partial charge on any atom is -0.494 e. The molecule has 33 heavy (non-hydrogen) atoms. The number of hydrogen-bond donors (Lipinski definition) is 0. The van der Waals surface area contributed by atoms with Gasteiger partial charge in [-0.15, -0.1) is 0 Å². The Morgan fingerprint density at radius 1 is 0.848 bits per heavy atom. The van der Waals surface area contributed by atoms with Crippen molar-refractivity contribution in [1.29, 1.82) is 0 Å². The number of nitrogens with zero attached hydrogens (tertiary/aromatic N) is 2. The van der Waals surface area contributed by atoms with Gasteiger partial charge in [-0.1, -0.05) is 47.7 Å². The second kappa shape index (κ2) is 10.8. The molecule has 1 heterocycles. The highest BCUT2D eigenvalue weighted by molar-refractivity contribution is 7.22. The molecule has 4 rings (SSSR count). The van der Waals surface area contributed by atoms with E-state index in [1.165, 1.54) is 11.3 Å². The lowest BCUT2D eigenvalue weighted by Gasteiger charge is -2.20. The molecular formula is C26H26N2O4S. The number of carbonyl (C=O) groups excluding carboxylic acids is 1. The van der Waals surface area contributed by atoms with E-state index in [1.54, 1.807) is 17.0 Å². The molecule has 170 valence electrons. The van der Waals surface area contributed by atoms with Gasteiger partial charge in [0.15, 0.2) is 11.7 Å². The fourth-order valence-corrected chi connectivity index (χ4v) is 4.35. The van der Waals surface area contributed by atoms with Gasteiger partial charge in [-0.25, -0.2) is 4.98 Å². The third kappa shape index (κ3) is 5.62. The molecule has 4 aromatic rings. The minimum atomic E-state index is -0.176. The van der Waals surface area contributed by atoms with Crippen LogP contribution in [0.2, 0.25) is 0 Å². The lowest BCUT2D eigenvalue weighted by molar-refractivity contribution is -0.120. The zero-order valence-corrected chi connectivity index (χ0v) is 19.5. The molecule has 7 heteroatoms. The van der Waals surface area contributed by atoms with Crippen LogP contribution >= 0.6 is 11.3 Å². The molecule has 0 saturated carbocycles. The average Bonchev–Trinajstić information content (AvgIpc) is 3.28. The molecule has 0 aliphatic carbocycles. The number of ether oxygens (including phenoxy) is 3. The molecule has 1 amide bonds. The van der Waals surface area contributed by atoms with Gasteiger partial charge in [-0.3, -0.25) is 9.69 Å². The fraction of sp³-hybridized carbons (Fsp3) is 0.231. The average molecular weight is 463 g/mol. The molecule has 0 N–H and O–H groups in total. The molecule has 1 aromatic heterocycles. The normalized spacial score (nSPS) is 10.7. The summed E-state index contributed by atoms with van der Waals surface area (Å²) >= 11 is 1.46. The first-order valence-corrected chi connectivity index (χ1v) is 11.7. The van der Waals surface area contributed by atoms with Gasteiger partial charge in [0.05, 0.1) is 24.5 Å². The van der Waals surface area contributed by atoms with Gasteiger partial charge in [0, 0.05) is 0 Å². The SMILES string of the molecule is CCOc1ccc(OCC(=O)N(Cc2ccccc2)c2nc3c(OCC)cccc3s2)cc1. The van der Waals surface area contributed by atoms with E-state index < -0.39 is 0 Å². The highest BCUT2D eigenvalue weighted by Gasteiger charge is 2.22. The lowest BCUT2D eigenvalue weighted by atomic mass is 10.2. The zero-order valence-electron chi connectivity index (χ0n) is 18.7. The topological polar surface area (TPSA) is 60.9 Å². The van der Waals surface area contributed by atoms with Crippen molar-refractivity contribution < 1.29 is 19.0 Å². The summed E-state index contributed by atoms with van der Waals surface area (Å²) in [6.45, 7) is 5.32. The third-order valence-electron chi connectivity index (χ3n) is 4.88. The Morgan fingerprint density at radius 3 is 2.24 bits per heavy atom. The van der Waals surface area contributed by atoms with Crippen LogP contribution in [0.4, 0.5) is 5.13 Å². The monoisotopic (exact) mass is 462 g/mol. The van der Waals surface area contributed by atoms with Crippen LogP contribution < -0.4 is 19.1 Å². The fourth-order valence-electron chi connectivity index (χ4n) is 3.35. The molecule has 0 spiro atoms. The van der Waals surface area contributed by atoms with Gasteiger partial charge >= 0.3 is 0 Å². The zero-order chi connectivity index (χ0) is 23.0. The summed E-state index contributed by atoms with van der Waals surface area (Å²) in [4.78, 5) is 19.7. The number of fused-ring (bicyclic) bond motifs is 1. The second-order valence-corrected chi connectivity index (χ2v) is 8.20. The van der Waals surface area contributed by atoms with E-state index in [2.05, 4.69) is 0 Å². The van der Waals surface area contributed by atoms with E-state index in [9.17, 15) is 4.79 Å². The molecule has 0 atom stereocenters. The van der Waals surface area contributed by atoms with Crippen LogP contribution in [0.25, 0.3) is 10.2 Å². The van der Waals surface area contributed by atoms with Crippen molar-refractivity contribution in [1.82, 2.24) is 4.98 Å². The second-order valence-electron chi connectivity index (χ2n) is 7.19. The molecule has 0 aliphatic rings. The molecule has 0 saturated heterocycles. The van der Waals surface area contributed by atoms with Gasteiger partial charge in [0.2, 0.25) is 0 Å². The van der Waals surface area contributed by atoms with Gasteiger partial charge < -0.3 is 14.2 Å². The highest BCUT2D eigenvalue weighted by atomic mass is 32.1. The number of aromatic nitrogens is 1. The summed E-state index contributed by atoms with van der Waals surface area (Å²) < 4.78 is 17.9. The van der Waals surface area contributed by atoms with Crippen LogP contribution in [-0.4, -0.2) is 30.7 Å². The van der Waals surface area contributed by atoms with Crippen LogP contribution in [0.3, 0.4) is 0 Å². The first kappa shape index (κ1) is 22.6. The standard InChI is InChI=1S/C26H26N2O4S/c1-3-30-20-13-15-21(16-14-20)32-18-24(29)28(17-19-9-6-5-7-10-19)26-27-25-22(31-4-2)11-8-12-23(25)33-26/h5-16H,3-4,17-18H2,1-2H3. The number of para-hydroxylation sites is 1. The van der Waals surface area contributed by atoms with E-state index in [0.29, 0.717) is 30.6 Å². The van der Waals surface area contributed by atoms with E-state index in [1.807, 2.05) is 74.5 Å². The number of thiazole rings is 1. The van der Waals surface area contributed by atoms with Crippen molar-refractivity contribution >= 4 is 32.6 Å². The van der Waals surface area contributed by atoms with Crippen LogP contribution in [0.1, 0.15) is 19.4 Å². The number of anilines is 1. The largest absolute Gasteiger partial charge is 0.494 e. The summed E-state index contributed by atoms with van der Waals surface area (Å²) in [6, 6.07) is 22.9. The summed E-state index contributed by atoms with van der Waals surface area (Å²) in [5, 5.41) is 0.612. The molecular weight excluding hydrogens is 436 g/mol. The predicted molar refractivity (Wildman–Crippen MR) is 132 cm³/mol. The van der Waals surface area contributed by atoms with Crippen molar-refractivity contribution in [3.05, 3.63) is 78.4 Å². The Kier molecular flexibility index (Phi) is 7.42.